The lowest BCUT2D eigenvalue weighted by atomic mass is 9.71. The first-order chi connectivity index (χ1) is 18.2. The maximum Gasteiger partial charge on any atom is 0.308 e. The van der Waals surface area contributed by atoms with Gasteiger partial charge in [0.05, 0.1) is 31.9 Å². The first kappa shape index (κ1) is 24.8. The quantitative estimate of drug-likeness (QED) is 0.460. The molecule has 0 radical (unpaired) electrons. The minimum Gasteiger partial charge on any atom is -0.504 e. The molecule has 0 spiro atoms. The number of aliphatic hydroxyl groups excluding tert-OH is 1. The SMILES string of the molecule is COc1c(C)cc2c(c1O)[C@@H]1[C@@H]3Cc4c(OC(C)=O)c(C)c5c(c4[C@H](CO)N3[C@@H](C#N)[C@@H](C2)N1C)OCO5. The lowest BCUT2D eigenvalue weighted by Crippen LogP contribution is -2.68. The standard InChI is InChI=1S/C28H31N3O7/c1-12-6-15-7-17-19(9-29)31-18(23(30(17)4)21(15)24(34)25(12)35-5)8-16-22(20(31)10-32)28-27(36-11-37-28)13(2)26(16)38-14(3)33/h6,17-20,23,32,34H,7-8,10-11H2,1-5H3/t17-,18+,19+,20+,23+/m1/s1. The number of carbonyl (C=O) groups excluding carboxylic acids is 1. The summed E-state index contributed by atoms with van der Waals surface area (Å²) in [5, 5.41) is 32.7. The second-order valence-electron chi connectivity index (χ2n) is 10.5. The van der Waals surface area contributed by atoms with Gasteiger partial charge in [0.15, 0.2) is 23.0 Å². The third kappa shape index (κ3) is 3.19. The molecule has 0 amide bonds. The number of carbonyl (C=O) groups is 1. The summed E-state index contributed by atoms with van der Waals surface area (Å²) in [5.41, 5.74) is 4.67. The van der Waals surface area contributed by atoms with Crippen molar-refractivity contribution in [3.05, 3.63) is 39.4 Å². The molecule has 0 aliphatic carbocycles. The highest BCUT2D eigenvalue weighted by molar-refractivity contribution is 5.74. The van der Waals surface area contributed by atoms with Crippen LogP contribution in [0.5, 0.6) is 28.7 Å². The van der Waals surface area contributed by atoms with Gasteiger partial charge in [-0.15, -0.1) is 0 Å². The van der Waals surface area contributed by atoms with E-state index >= 15 is 0 Å². The zero-order valence-electron chi connectivity index (χ0n) is 22.1. The van der Waals surface area contributed by atoms with Gasteiger partial charge in [0.25, 0.3) is 0 Å². The minimum atomic E-state index is -0.603. The minimum absolute atomic E-state index is 0.0176. The van der Waals surface area contributed by atoms with Crippen LogP contribution >= 0.6 is 0 Å². The highest BCUT2D eigenvalue weighted by atomic mass is 16.7. The molecule has 38 heavy (non-hydrogen) atoms. The van der Waals surface area contributed by atoms with Crippen molar-refractivity contribution in [3.8, 4) is 34.8 Å². The number of ether oxygens (including phenoxy) is 4. The summed E-state index contributed by atoms with van der Waals surface area (Å²) in [6.07, 6.45) is 0.971. The van der Waals surface area contributed by atoms with Gasteiger partial charge in [-0.2, -0.15) is 5.26 Å². The lowest BCUT2D eigenvalue weighted by molar-refractivity contribution is -0.132. The van der Waals surface area contributed by atoms with Crippen LogP contribution in [-0.4, -0.2) is 71.7 Å². The molecule has 1 saturated heterocycles. The number of piperazine rings is 1. The van der Waals surface area contributed by atoms with Crippen LogP contribution in [0.3, 0.4) is 0 Å². The number of rotatable bonds is 3. The molecule has 2 bridgehead atoms. The van der Waals surface area contributed by atoms with Gasteiger partial charge in [-0.1, -0.05) is 6.07 Å². The van der Waals surface area contributed by atoms with E-state index in [2.05, 4.69) is 15.9 Å². The Bertz CT molecular complexity index is 1400. The van der Waals surface area contributed by atoms with E-state index in [0.717, 1.165) is 22.3 Å². The van der Waals surface area contributed by atoms with Gasteiger partial charge < -0.3 is 29.2 Å². The molecule has 10 nitrogen and oxygen atoms in total. The molecule has 0 unspecified atom stereocenters. The van der Waals surface area contributed by atoms with E-state index in [1.54, 1.807) is 0 Å². The number of hydrogen-bond acceptors (Lipinski definition) is 10. The Balaban J connectivity index is 1.62. The normalized spacial score (nSPS) is 27.1. The molecule has 0 saturated carbocycles. The average Bonchev–Trinajstić information content (AvgIpc) is 3.36. The third-order valence-electron chi connectivity index (χ3n) is 8.68. The van der Waals surface area contributed by atoms with Crippen LogP contribution in [0, 0.1) is 25.2 Å². The Kier molecular flexibility index (Phi) is 5.72. The van der Waals surface area contributed by atoms with Crippen molar-refractivity contribution < 1.29 is 34.0 Å². The largest absolute Gasteiger partial charge is 0.504 e. The summed E-state index contributed by atoms with van der Waals surface area (Å²) in [6.45, 7) is 4.81. The smallest absolute Gasteiger partial charge is 0.308 e. The molecule has 5 atom stereocenters. The van der Waals surface area contributed by atoms with Gasteiger partial charge in [-0.25, -0.2) is 0 Å². The van der Waals surface area contributed by atoms with E-state index in [4.69, 9.17) is 18.9 Å². The Hall–Kier alpha value is -3.52. The number of phenolic OH excluding ortho intramolecular Hbond substituents is 1. The van der Waals surface area contributed by atoms with Crippen LogP contribution in [0.1, 0.15) is 52.4 Å². The van der Waals surface area contributed by atoms with E-state index in [9.17, 15) is 20.3 Å². The highest BCUT2D eigenvalue weighted by Crippen LogP contribution is 2.58. The van der Waals surface area contributed by atoms with Gasteiger partial charge in [0.2, 0.25) is 6.79 Å². The molecule has 2 aromatic rings. The number of likely N-dealkylation sites (N-methyl/N-ethyl adjacent to an activating group) is 1. The summed E-state index contributed by atoms with van der Waals surface area (Å²) in [5.74, 6) is 1.47. The predicted molar refractivity (Wildman–Crippen MR) is 135 cm³/mol. The van der Waals surface area contributed by atoms with E-state index < -0.39 is 18.1 Å². The van der Waals surface area contributed by atoms with Gasteiger partial charge in [-0.05, 0) is 44.9 Å². The van der Waals surface area contributed by atoms with Gasteiger partial charge in [0.1, 0.15) is 11.8 Å². The van der Waals surface area contributed by atoms with Gasteiger partial charge in [-0.3, -0.25) is 14.6 Å². The molecule has 4 aliphatic rings. The van der Waals surface area contributed by atoms with Gasteiger partial charge >= 0.3 is 5.97 Å². The number of aromatic hydroxyl groups is 1. The average molecular weight is 522 g/mol. The van der Waals surface area contributed by atoms with E-state index in [0.29, 0.717) is 47.0 Å². The summed E-state index contributed by atoms with van der Waals surface area (Å²) >= 11 is 0. The Morgan fingerprint density at radius 2 is 1.92 bits per heavy atom. The molecule has 2 aromatic carbocycles. The molecule has 2 N–H and O–H groups in total. The summed E-state index contributed by atoms with van der Waals surface area (Å²) < 4.78 is 23.0. The summed E-state index contributed by atoms with van der Waals surface area (Å²) in [4.78, 5) is 16.4. The number of esters is 1. The molecule has 200 valence electrons. The van der Waals surface area contributed by atoms with E-state index in [-0.39, 0.29) is 37.3 Å². The topological polar surface area (TPSA) is 125 Å². The number of aryl methyl sites for hydroxylation is 1. The van der Waals surface area contributed by atoms with E-state index in [1.807, 2.05) is 27.0 Å². The molecule has 4 heterocycles. The van der Waals surface area contributed by atoms with Crippen LogP contribution in [0.4, 0.5) is 0 Å². The Labute approximate surface area is 220 Å². The number of fused-ring (bicyclic) bond motifs is 9. The Morgan fingerprint density at radius 1 is 1.18 bits per heavy atom. The summed E-state index contributed by atoms with van der Waals surface area (Å²) in [6, 6.07) is 2.62. The van der Waals surface area contributed by atoms with Crippen LogP contribution in [0.25, 0.3) is 0 Å². The number of hydrogen-bond donors (Lipinski definition) is 2. The highest BCUT2D eigenvalue weighted by Gasteiger charge is 2.56. The monoisotopic (exact) mass is 521 g/mol. The van der Waals surface area contributed by atoms with Crippen molar-refractivity contribution in [2.75, 3.05) is 27.6 Å². The Morgan fingerprint density at radius 3 is 2.58 bits per heavy atom. The number of methoxy groups -OCH3 is 1. The number of phenols is 1. The molecule has 0 aromatic heterocycles. The van der Waals surface area contributed by atoms with Crippen molar-refractivity contribution in [2.24, 2.45) is 0 Å². The van der Waals surface area contributed by atoms with Crippen molar-refractivity contribution in [3.63, 3.8) is 0 Å². The van der Waals surface area contributed by atoms with Crippen molar-refractivity contribution in [1.29, 1.82) is 5.26 Å². The van der Waals surface area contributed by atoms with Crippen LogP contribution in [0.2, 0.25) is 0 Å². The number of nitriles is 1. The van der Waals surface area contributed by atoms with Crippen LogP contribution in [0.15, 0.2) is 6.07 Å². The second-order valence-corrected chi connectivity index (χ2v) is 10.5. The maximum absolute atomic E-state index is 12.2. The number of benzene rings is 2. The fourth-order valence-corrected chi connectivity index (χ4v) is 7.29. The fourth-order valence-electron chi connectivity index (χ4n) is 7.29. The molecule has 1 fully saturated rings. The number of aliphatic hydroxyl groups is 1. The van der Waals surface area contributed by atoms with Crippen molar-refractivity contribution in [1.82, 2.24) is 9.80 Å². The molecule has 4 aliphatic heterocycles. The zero-order chi connectivity index (χ0) is 27.0. The first-order valence-electron chi connectivity index (χ1n) is 12.8. The lowest BCUT2D eigenvalue weighted by Gasteiger charge is -2.59. The van der Waals surface area contributed by atoms with Crippen molar-refractivity contribution >= 4 is 5.97 Å². The molecular formula is C28H31N3O7. The second kappa shape index (κ2) is 8.76. The maximum atomic E-state index is 12.2. The third-order valence-corrected chi connectivity index (χ3v) is 8.68. The predicted octanol–water partition coefficient (Wildman–Crippen LogP) is 2.44. The van der Waals surface area contributed by atoms with Crippen LogP contribution < -0.4 is 18.9 Å². The molecule has 10 heteroatoms. The summed E-state index contributed by atoms with van der Waals surface area (Å²) in [7, 11) is 3.52. The van der Waals surface area contributed by atoms with Gasteiger partial charge in [0, 0.05) is 41.3 Å². The van der Waals surface area contributed by atoms with Crippen molar-refractivity contribution in [2.45, 2.75) is 63.8 Å². The fraction of sp³-hybridized carbons (Fsp3) is 0.500. The zero-order valence-corrected chi connectivity index (χ0v) is 22.1. The van der Waals surface area contributed by atoms with E-state index in [1.165, 1.54) is 14.0 Å². The first-order valence-corrected chi connectivity index (χ1v) is 12.8. The van der Waals surface area contributed by atoms with Crippen LogP contribution in [-0.2, 0) is 17.6 Å². The molecular weight excluding hydrogens is 490 g/mol. The number of nitrogens with zero attached hydrogens (tertiary/aromatic N) is 3. The molecule has 6 rings (SSSR count).